The minimum absolute atomic E-state index is 0.0765. The molecule has 0 atom stereocenters. The first-order chi connectivity index (χ1) is 9.82. The molecule has 0 aliphatic heterocycles. The van der Waals surface area contributed by atoms with Gasteiger partial charge in [0.2, 0.25) is 0 Å². The van der Waals surface area contributed by atoms with Crippen LogP contribution in [0.1, 0.15) is 0 Å². The molecule has 0 heterocycles. The Balaban J connectivity index is 2.38. The third kappa shape index (κ3) is 3.01. The van der Waals surface area contributed by atoms with E-state index in [9.17, 15) is 28.1 Å². The van der Waals surface area contributed by atoms with E-state index in [-0.39, 0.29) is 20.1 Å². The zero-order chi connectivity index (χ0) is 15.6. The van der Waals surface area contributed by atoms with E-state index in [0.717, 1.165) is 24.3 Å². The average molecular weight is 352 g/mol. The third-order valence-corrected chi connectivity index (χ3v) is 7.01. The summed E-state index contributed by atoms with van der Waals surface area (Å²) < 4.78 is 22.8. The molecular weight excluding hydrogens is 343 g/mol. The van der Waals surface area contributed by atoms with E-state index in [0.29, 0.717) is 0 Å². The monoisotopic (exact) mass is 352 g/mol. The van der Waals surface area contributed by atoms with Gasteiger partial charge >= 0.3 is 120 Å². The predicted octanol–water partition coefficient (Wildman–Crippen LogP) is 0.482. The number of nitro benzene ring substituents is 2. The Morgan fingerprint density at radius 3 is 1.29 bits per heavy atom. The van der Waals surface area contributed by atoms with Crippen LogP contribution in [0.3, 0.4) is 0 Å². The molecule has 2 aromatic rings. The van der Waals surface area contributed by atoms with Gasteiger partial charge in [0.25, 0.3) is 0 Å². The zero-order valence-electron chi connectivity index (χ0n) is 10.4. The van der Waals surface area contributed by atoms with Crippen molar-refractivity contribution in [2.24, 2.45) is 0 Å². The zero-order valence-corrected chi connectivity index (χ0v) is 12.3. The molecule has 0 spiro atoms. The maximum absolute atomic E-state index is 12.5. The van der Waals surface area contributed by atoms with Crippen LogP contribution in [0.4, 0.5) is 11.4 Å². The van der Waals surface area contributed by atoms with Crippen LogP contribution >= 0.6 is 0 Å². The molecular formula is C12H9AsN2O6. The molecule has 0 unspecified atom stereocenters. The molecule has 0 aromatic heterocycles. The van der Waals surface area contributed by atoms with Crippen LogP contribution in [0.2, 0.25) is 0 Å². The summed E-state index contributed by atoms with van der Waals surface area (Å²) in [6, 6.07) is 9.46. The Morgan fingerprint density at radius 1 is 0.762 bits per heavy atom. The Labute approximate surface area is 121 Å². The van der Waals surface area contributed by atoms with E-state index in [4.69, 9.17) is 0 Å². The minimum atomic E-state index is -4.65. The van der Waals surface area contributed by atoms with Crippen LogP contribution in [-0.4, -0.2) is 27.8 Å². The normalized spacial score (nSPS) is 11.1. The number of hydrogen-bond acceptors (Lipinski definition) is 5. The summed E-state index contributed by atoms with van der Waals surface area (Å²) in [7, 11) is 0. The van der Waals surface area contributed by atoms with E-state index >= 15 is 0 Å². The van der Waals surface area contributed by atoms with E-state index in [2.05, 4.69) is 0 Å². The number of benzene rings is 2. The number of nitrogens with zero attached hydrogens (tertiary/aromatic N) is 2. The topological polar surface area (TPSA) is 124 Å². The Hall–Kier alpha value is -2.44. The molecule has 0 aliphatic rings. The fourth-order valence-electron chi connectivity index (χ4n) is 1.70. The van der Waals surface area contributed by atoms with E-state index in [1.807, 2.05) is 0 Å². The molecule has 0 amide bonds. The Morgan fingerprint density at radius 2 is 1.05 bits per heavy atom. The summed E-state index contributed by atoms with van der Waals surface area (Å²) >= 11 is -4.65. The first-order valence-electron chi connectivity index (χ1n) is 5.65. The van der Waals surface area contributed by atoms with Gasteiger partial charge in [-0.25, -0.2) is 0 Å². The quantitative estimate of drug-likeness (QED) is 0.485. The summed E-state index contributed by atoms with van der Waals surface area (Å²) in [4.78, 5) is 19.9. The van der Waals surface area contributed by atoms with Crippen molar-refractivity contribution in [3.8, 4) is 0 Å². The van der Waals surface area contributed by atoms with Crippen LogP contribution in [0, 0.1) is 20.2 Å². The SMILES string of the molecule is O=[N+]([O-])c1ccc([As](=O)(O)c2ccc([N+](=O)[O-])cc2)cc1. The fraction of sp³-hybridized carbons (Fsp3) is 0. The molecule has 0 fully saturated rings. The van der Waals surface area contributed by atoms with E-state index in [1.54, 1.807) is 0 Å². The van der Waals surface area contributed by atoms with Crippen LogP contribution in [0.5, 0.6) is 0 Å². The summed E-state index contributed by atoms with van der Waals surface area (Å²) in [5.41, 5.74) is -0.365. The predicted molar refractivity (Wildman–Crippen MR) is 74.1 cm³/mol. The second-order valence-corrected chi connectivity index (χ2v) is 8.71. The van der Waals surface area contributed by atoms with Crippen molar-refractivity contribution >= 4 is 33.9 Å². The molecule has 9 heteroatoms. The molecule has 0 bridgehead atoms. The van der Waals surface area contributed by atoms with Crippen LogP contribution in [0.15, 0.2) is 48.5 Å². The van der Waals surface area contributed by atoms with Crippen molar-refractivity contribution in [1.82, 2.24) is 0 Å². The molecule has 8 nitrogen and oxygen atoms in total. The number of hydrogen-bond donors (Lipinski definition) is 1. The van der Waals surface area contributed by atoms with E-state index < -0.39 is 23.7 Å². The first-order valence-corrected chi connectivity index (χ1v) is 9.13. The molecule has 2 aromatic carbocycles. The van der Waals surface area contributed by atoms with Crippen molar-refractivity contribution in [1.29, 1.82) is 0 Å². The number of nitro groups is 2. The molecule has 1 N–H and O–H groups in total. The molecule has 0 saturated carbocycles. The van der Waals surface area contributed by atoms with E-state index in [1.165, 1.54) is 24.3 Å². The van der Waals surface area contributed by atoms with Gasteiger partial charge in [-0.2, -0.15) is 0 Å². The molecule has 0 saturated heterocycles. The molecule has 21 heavy (non-hydrogen) atoms. The van der Waals surface area contributed by atoms with Crippen molar-refractivity contribution in [2.45, 2.75) is 0 Å². The van der Waals surface area contributed by atoms with Gasteiger partial charge in [0.15, 0.2) is 0 Å². The summed E-state index contributed by atoms with van der Waals surface area (Å²) in [5.74, 6) is 0. The molecule has 2 rings (SSSR count). The summed E-state index contributed by atoms with van der Waals surface area (Å²) in [6.07, 6.45) is 0. The fourth-order valence-corrected chi connectivity index (χ4v) is 4.65. The maximum atomic E-state index is 12.5. The van der Waals surface area contributed by atoms with Crippen LogP contribution < -0.4 is 8.70 Å². The second kappa shape index (κ2) is 5.51. The molecule has 108 valence electrons. The van der Waals surface area contributed by atoms with Crippen molar-refractivity contribution in [3.63, 3.8) is 0 Å². The van der Waals surface area contributed by atoms with Gasteiger partial charge in [0.05, 0.1) is 0 Å². The summed E-state index contributed by atoms with van der Waals surface area (Å²) in [6.45, 7) is 0. The number of non-ortho nitro benzene ring substituents is 2. The van der Waals surface area contributed by atoms with Gasteiger partial charge in [-0.05, 0) is 0 Å². The first kappa shape index (κ1) is 15.0. The molecule has 0 aliphatic carbocycles. The standard InChI is InChI=1S/C12H9AsN2O6/c16-13(17,9-1-5-11(6-2-9)14(18)19)10-3-7-12(8-4-10)15(20)21/h1-8H,(H,16,17). The van der Waals surface area contributed by atoms with Gasteiger partial charge < -0.3 is 0 Å². The van der Waals surface area contributed by atoms with Crippen molar-refractivity contribution in [2.75, 3.05) is 0 Å². The average Bonchev–Trinajstić information content (AvgIpc) is 2.47. The van der Waals surface area contributed by atoms with Crippen molar-refractivity contribution in [3.05, 3.63) is 68.8 Å². The third-order valence-electron chi connectivity index (χ3n) is 2.82. The molecule has 0 radical (unpaired) electrons. The van der Waals surface area contributed by atoms with Crippen molar-refractivity contribution < 1.29 is 17.7 Å². The van der Waals surface area contributed by atoms with Crippen LogP contribution in [-0.2, 0) is 3.74 Å². The van der Waals surface area contributed by atoms with Gasteiger partial charge in [0.1, 0.15) is 0 Å². The second-order valence-electron chi connectivity index (χ2n) is 4.12. The van der Waals surface area contributed by atoms with Crippen LogP contribution in [0.25, 0.3) is 0 Å². The van der Waals surface area contributed by atoms with Gasteiger partial charge in [-0.15, -0.1) is 0 Å². The Bertz CT molecular complexity index is 680. The van der Waals surface area contributed by atoms with Gasteiger partial charge in [-0.1, -0.05) is 0 Å². The van der Waals surface area contributed by atoms with Gasteiger partial charge in [0, 0.05) is 0 Å². The van der Waals surface area contributed by atoms with Gasteiger partial charge in [-0.3, -0.25) is 0 Å². The summed E-state index contributed by atoms with van der Waals surface area (Å²) in [5, 5.41) is 21.1. The number of rotatable bonds is 4. The Kier molecular flexibility index (Phi) is 3.92.